The standard InChI is InChI=1S/C18H14F4NO4SSi/c19-11-2-1-10(7-13(11)21)23-17(24)15-12(20)3-4-14(16(15)22)28(25,26)18(29)9-5-6-27-8-9/h1-4,7,9,18H,5-6,8H2,(H,23,24)/t9-,18+/m0/s1. The van der Waals surface area contributed by atoms with Crippen molar-refractivity contribution in [3.63, 3.8) is 0 Å². The number of sulfone groups is 1. The molecule has 0 saturated carbocycles. The summed E-state index contributed by atoms with van der Waals surface area (Å²) in [5.74, 6) is -7.13. The Labute approximate surface area is 167 Å². The second-order valence-corrected chi connectivity index (χ2v) is 9.48. The number of halogens is 4. The molecule has 1 aliphatic rings. The van der Waals surface area contributed by atoms with Gasteiger partial charge < -0.3 is 10.1 Å². The first-order valence-corrected chi connectivity index (χ1v) is 10.5. The van der Waals surface area contributed by atoms with Gasteiger partial charge in [0, 0.05) is 28.6 Å². The average molecular weight is 444 g/mol. The highest BCUT2D eigenvalue weighted by atomic mass is 32.2. The summed E-state index contributed by atoms with van der Waals surface area (Å²) in [5.41, 5.74) is -1.42. The average Bonchev–Trinajstić information content (AvgIpc) is 3.18. The second kappa shape index (κ2) is 8.25. The Morgan fingerprint density at radius 1 is 1.10 bits per heavy atom. The molecule has 1 aliphatic heterocycles. The molecule has 2 atom stereocenters. The first-order valence-electron chi connectivity index (χ1n) is 8.40. The molecule has 3 radical (unpaired) electrons. The molecule has 153 valence electrons. The minimum Gasteiger partial charge on any atom is -0.381 e. The number of carbonyl (C=O) groups excluding carboxylic acids is 1. The quantitative estimate of drug-likeness (QED) is 0.437. The number of hydrogen-bond acceptors (Lipinski definition) is 4. The van der Waals surface area contributed by atoms with Crippen LogP contribution in [0.3, 0.4) is 0 Å². The Kier molecular flexibility index (Phi) is 6.10. The van der Waals surface area contributed by atoms with Gasteiger partial charge in [-0.3, -0.25) is 4.79 Å². The van der Waals surface area contributed by atoms with Crippen LogP contribution >= 0.6 is 0 Å². The van der Waals surface area contributed by atoms with Gasteiger partial charge in [-0.05, 0) is 36.6 Å². The molecule has 5 nitrogen and oxygen atoms in total. The van der Waals surface area contributed by atoms with E-state index in [4.69, 9.17) is 4.74 Å². The third-order valence-corrected chi connectivity index (χ3v) is 7.88. The topological polar surface area (TPSA) is 72.5 Å². The molecule has 0 bridgehead atoms. The molecule has 11 heteroatoms. The Morgan fingerprint density at radius 3 is 2.41 bits per heavy atom. The Hall–Kier alpha value is -2.24. The zero-order chi connectivity index (χ0) is 21.3. The van der Waals surface area contributed by atoms with E-state index >= 15 is 0 Å². The van der Waals surface area contributed by atoms with Crippen LogP contribution in [0.5, 0.6) is 0 Å². The van der Waals surface area contributed by atoms with Crippen molar-refractivity contribution in [3.8, 4) is 0 Å². The van der Waals surface area contributed by atoms with Crippen LogP contribution < -0.4 is 5.32 Å². The number of amides is 1. The number of nitrogens with one attached hydrogen (secondary N) is 1. The van der Waals surface area contributed by atoms with E-state index in [1.165, 1.54) is 0 Å². The maximum absolute atomic E-state index is 14.9. The number of carbonyl (C=O) groups is 1. The van der Waals surface area contributed by atoms with Crippen LogP contribution in [0.2, 0.25) is 0 Å². The van der Waals surface area contributed by atoms with E-state index in [1.807, 2.05) is 5.32 Å². The molecule has 1 N–H and O–H groups in total. The van der Waals surface area contributed by atoms with Gasteiger partial charge in [-0.2, -0.15) is 0 Å². The highest BCUT2D eigenvalue weighted by Gasteiger charge is 2.36. The molecule has 1 heterocycles. The Morgan fingerprint density at radius 2 is 1.79 bits per heavy atom. The van der Waals surface area contributed by atoms with Crippen molar-refractivity contribution < 1.29 is 35.5 Å². The number of hydrogen-bond donors (Lipinski definition) is 1. The zero-order valence-corrected chi connectivity index (χ0v) is 16.5. The molecule has 0 spiro atoms. The van der Waals surface area contributed by atoms with Crippen LogP contribution in [0.25, 0.3) is 0 Å². The van der Waals surface area contributed by atoms with Crippen molar-refractivity contribution in [3.05, 3.63) is 59.2 Å². The maximum Gasteiger partial charge on any atom is 0.261 e. The molecule has 0 unspecified atom stereocenters. The zero-order valence-electron chi connectivity index (χ0n) is 14.7. The fourth-order valence-corrected chi connectivity index (χ4v) is 5.16. The summed E-state index contributed by atoms with van der Waals surface area (Å²) in [4.78, 5) is 10.3. The predicted octanol–water partition coefficient (Wildman–Crippen LogP) is 2.80. The van der Waals surface area contributed by atoms with Crippen molar-refractivity contribution in [2.45, 2.75) is 16.2 Å². The molecule has 0 aliphatic carbocycles. The fraction of sp³-hybridized carbons (Fsp3) is 0.278. The maximum atomic E-state index is 14.9. The SMILES string of the molecule is O=C(Nc1ccc(F)c(F)c1)c1c(F)ccc(S(=O)(=O)[C@H]([Si])[C@H]2CCOC2)c1F. The molecule has 2 aromatic rings. The van der Waals surface area contributed by atoms with Gasteiger partial charge in [0.2, 0.25) is 0 Å². The molecule has 1 amide bonds. The van der Waals surface area contributed by atoms with Crippen molar-refractivity contribution in [1.29, 1.82) is 0 Å². The molecule has 0 aromatic heterocycles. The van der Waals surface area contributed by atoms with Gasteiger partial charge in [-0.1, -0.05) is 0 Å². The normalized spacial score (nSPS) is 17.9. The van der Waals surface area contributed by atoms with Gasteiger partial charge in [0.15, 0.2) is 27.3 Å². The van der Waals surface area contributed by atoms with Crippen LogP contribution in [-0.4, -0.2) is 42.7 Å². The van der Waals surface area contributed by atoms with E-state index in [0.717, 1.165) is 18.2 Å². The molecular formula is C18H14F4NO4SSi. The van der Waals surface area contributed by atoms with Crippen molar-refractivity contribution >= 4 is 31.7 Å². The van der Waals surface area contributed by atoms with E-state index in [0.29, 0.717) is 25.2 Å². The van der Waals surface area contributed by atoms with Gasteiger partial charge in [-0.15, -0.1) is 0 Å². The van der Waals surface area contributed by atoms with E-state index < -0.39 is 60.3 Å². The molecule has 1 fully saturated rings. The molecule has 3 rings (SSSR count). The highest BCUT2D eigenvalue weighted by Crippen LogP contribution is 2.29. The summed E-state index contributed by atoms with van der Waals surface area (Å²) in [5, 5.41) is 2.02. The summed E-state index contributed by atoms with van der Waals surface area (Å²) in [6.45, 7) is 0.509. The number of anilines is 1. The van der Waals surface area contributed by atoms with Crippen LogP contribution in [-0.2, 0) is 14.6 Å². The van der Waals surface area contributed by atoms with E-state index in [9.17, 15) is 30.8 Å². The lowest BCUT2D eigenvalue weighted by Crippen LogP contribution is -2.32. The summed E-state index contributed by atoms with van der Waals surface area (Å²) in [7, 11) is -1.21. The van der Waals surface area contributed by atoms with Crippen LogP contribution in [0, 0.1) is 29.2 Å². The fourth-order valence-electron chi connectivity index (χ4n) is 2.91. The van der Waals surface area contributed by atoms with Crippen LogP contribution in [0.1, 0.15) is 16.8 Å². The monoisotopic (exact) mass is 444 g/mol. The van der Waals surface area contributed by atoms with Crippen molar-refractivity contribution in [2.75, 3.05) is 18.5 Å². The number of rotatable bonds is 5. The van der Waals surface area contributed by atoms with Gasteiger partial charge in [-0.25, -0.2) is 26.0 Å². The van der Waals surface area contributed by atoms with Crippen molar-refractivity contribution in [2.24, 2.45) is 5.92 Å². The molecule has 1 saturated heterocycles. The van der Waals surface area contributed by atoms with E-state index in [-0.39, 0.29) is 12.3 Å². The van der Waals surface area contributed by atoms with Crippen LogP contribution in [0.15, 0.2) is 35.2 Å². The van der Waals surface area contributed by atoms with Crippen LogP contribution in [0.4, 0.5) is 23.2 Å². The number of ether oxygens (including phenoxy) is 1. The summed E-state index contributed by atoms with van der Waals surface area (Å²) >= 11 is 0. The largest absolute Gasteiger partial charge is 0.381 e. The lowest BCUT2D eigenvalue weighted by Gasteiger charge is -2.19. The Balaban J connectivity index is 1.96. The van der Waals surface area contributed by atoms with Gasteiger partial charge in [0.1, 0.15) is 16.3 Å². The molecule has 29 heavy (non-hydrogen) atoms. The Bertz CT molecular complexity index is 1060. The lowest BCUT2D eigenvalue weighted by molar-refractivity contribution is 0.101. The third-order valence-electron chi connectivity index (χ3n) is 4.49. The first-order chi connectivity index (χ1) is 13.6. The minimum absolute atomic E-state index is 0.152. The second-order valence-electron chi connectivity index (χ2n) is 6.41. The summed E-state index contributed by atoms with van der Waals surface area (Å²) < 4.78 is 86.0. The predicted molar refractivity (Wildman–Crippen MR) is 96.3 cm³/mol. The van der Waals surface area contributed by atoms with E-state index in [2.05, 4.69) is 10.2 Å². The minimum atomic E-state index is -4.31. The van der Waals surface area contributed by atoms with E-state index in [1.54, 1.807) is 0 Å². The lowest BCUT2D eigenvalue weighted by atomic mass is 10.1. The van der Waals surface area contributed by atoms with Gasteiger partial charge >= 0.3 is 0 Å². The smallest absolute Gasteiger partial charge is 0.261 e. The third kappa shape index (κ3) is 4.21. The van der Waals surface area contributed by atoms with Crippen molar-refractivity contribution in [1.82, 2.24) is 0 Å². The summed E-state index contributed by atoms with van der Waals surface area (Å²) in [6.07, 6.45) is 0.430. The van der Waals surface area contributed by atoms with Gasteiger partial charge in [0.05, 0.1) is 11.5 Å². The van der Waals surface area contributed by atoms with Gasteiger partial charge in [0.25, 0.3) is 5.91 Å². The summed E-state index contributed by atoms with van der Waals surface area (Å²) in [6, 6.07) is 3.72. The molecule has 2 aromatic carbocycles. The number of benzene rings is 2. The highest BCUT2D eigenvalue weighted by molar-refractivity contribution is 7.93. The first kappa shape index (κ1) is 21.5. The molecular weight excluding hydrogens is 430 g/mol.